The molecule has 0 unspecified atom stereocenters. The molecule has 0 saturated heterocycles. The first-order valence-electron chi connectivity index (χ1n) is 6.54. The van der Waals surface area contributed by atoms with Crippen LogP contribution in [0.3, 0.4) is 0 Å². The molecule has 0 amide bonds. The Labute approximate surface area is 128 Å². The van der Waals surface area contributed by atoms with E-state index in [4.69, 9.17) is 19.3 Å². The smallest absolute Gasteiger partial charge is 0.306 e. The first-order valence-corrected chi connectivity index (χ1v) is 6.54. The highest BCUT2D eigenvalue weighted by atomic mass is 16.5. The van der Waals surface area contributed by atoms with Gasteiger partial charge in [0.25, 0.3) is 0 Å². The molecule has 0 aliphatic rings. The van der Waals surface area contributed by atoms with Crippen molar-refractivity contribution in [3.8, 4) is 11.5 Å². The molecular weight excluding hydrogens is 288 g/mol. The molecule has 1 rings (SSSR count). The van der Waals surface area contributed by atoms with Gasteiger partial charge in [0.2, 0.25) is 0 Å². The van der Waals surface area contributed by atoms with Gasteiger partial charge < -0.3 is 19.3 Å². The molecule has 1 aromatic rings. The van der Waals surface area contributed by atoms with E-state index in [0.717, 1.165) is 5.56 Å². The molecule has 0 spiro atoms. The van der Waals surface area contributed by atoms with Crippen molar-refractivity contribution in [2.24, 2.45) is 0 Å². The molecule has 1 aromatic carbocycles. The second kappa shape index (κ2) is 8.51. The minimum absolute atomic E-state index is 0.0150. The fourth-order valence-electron chi connectivity index (χ4n) is 1.75. The third-order valence-corrected chi connectivity index (χ3v) is 2.65. The van der Waals surface area contributed by atoms with Gasteiger partial charge in [-0.25, -0.2) is 0 Å². The van der Waals surface area contributed by atoms with Crippen LogP contribution in [0.1, 0.15) is 24.0 Å². The van der Waals surface area contributed by atoms with Crippen LogP contribution in [-0.2, 0) is 20.9 Å². The van der Waals surface area contributed by atoms with Crippen LogP contribution in [0, 0.1) is 6.92 Å². The van der Waals surface area contributed by atoms with Gasteiger partial charge in [0, 0.05) is 0 Å². The summed E-state index contributed by atoms with van der Waals surface area (Å²) in [4.78, 5) is 21.8. The van der Waals surface area contributed by atoms with Gasteiger partial charge in [-0.05, 0) is 30.2 Å². The van der Waals surface area contributed by atoms with Crippen molar-refractivity contribution in [3.05, 3.63) is 48.9 Å². The van der Waals surface area contributed by atoms with Gasteiger partial charge in [-0.3, -0.25) is 9.59 Å². The second-order valence-electron chi connectivity index (χ2n) is 4.36. The fraction of sp³-hybridized carbons (Fsp3) is 0.250. The number of carboxylic acid groups (broad SMARTS) is 1. The standard InChI is InChI=1S/C16H18O6/c1-4-20-13-9-12(8-11(3)16(13)21-5-2)10-22-15(19)7-6-14(17)18/h4-5,8-9H,1-2,6-7,10H2,3H3,(H,17,18). The lowest BCUT2D eigenvalue weighted by molar-refractivity contribution is -0.148. The van der Waals surface area contributed by atoms with E-state index in [-0.39, 0.29) is 19.4 Å². The number of benzene rings is 1. The average molecular weight is 306 g/mol. The number of aryl methyl sites for hydroxylation is 1. The normalized spacial score (nSPS) is 9.68. The Hall–Kier alpha value is -2.76. The molecule has 22 heavy (non-hydrogen) atoms. The first-order chi connectivity index (χ1) is 10.5. The first kappa shape index (κ1) is 17.3. The van der Waals surface area contributed by atoms with Gasteiger partial charge in [-0.1, -0.05) is 13.2 Å². The van der Waals surface area contributed by atoms with Gasteiger partial charge in [-0.15, -0.1) is 0 Å². The third kappa shape index (κ3) is 5.32. The van der Waals surface area contributed by atoms with Crippen LogP contribution >= 0.6 is 0 Å². The third-order valence-electron chi connectivity index (χ3n) is 2.65. The van der Waals surface area contributed by atoms with Gasteiger partial charge in [0.1, 0.15) is 6.61 Å². The van der Waals surface area contributed by atoms with Crippen molar-refractivity contribution >= 4 is 11.9 Å². The van der Waals surface area contributed by atoms with Crippen molar-refractivity contribution < 1.29 is 28.9 Å². The molecule has 0 aliphatic heterocycles. The van der Waals surface area contributed by atoms with Crippen LogP contribution in [0.15, 0.2) is 37.8 Å². The zero-order chi connectivity index (χ0) is 16.5. The Balaban J connectivity index is 2.78. The highest BCUT2D eigenvalue weighted by Crippen LogP contribution is 2.33. The lowest BCUT2D eigenvalue weighted by atomic mass is 10.1. The Kier molecular flexibility index (Phi) is 6.69. The minimum atomic E-state index is -1.04. The summed E-state index contributed by atoms with van der Waals surface area (Å²) in [7, 11) is 0. The van der Waals surface area contributed by atoms with E-state index in [9.17, 15) is 9.59 Å². The van der Waals surface area contributed by atoms with E-state index in [2.05, 4.69) is 13.2 Å². The van der Waals surface area contributed by atoms with Crippen molar-refractivity contribution in [2.75, 3.05) is 0 Å². The Morgan fingerprint density at radius 2 is 1.86 bits per heavy atom. The molecule has 0 atom stereocenters. The molecule has 0 heterocycles. The summed E-state index contributed by atoms with van der Waals surface area (Å²) in [5, 5.41) is 8.50. The molecule has 0 fully saturated rings. The summed E-state index contributed by atoms with van der Waals surface area (Å²) in [6.07, 6.45) is 2.12. The summed E-state index contributed by atoms with van der Waals surface area (Å²) in [6, 6.07) is 3.43. The monoisotopic (exact) mass is 306 g/mol. The highest BCUT2D eigenvalue weighted by Gasteiger charge is 2.12. The van der Waals surface area contributed by atoms with Crippen LogP contribution in [-0.4, -0.2) is 17.0 Å². The molecule has 0 aliphatic carbocycles. The maximum Gasteiger partial charge on any atom is 0.306 e. The van der Waals surface area contributed by atoms with E-state index < -0.39 is 11.9 Å². The molecule has 118 valence electrons. The highest BCUT2D eigenvalue weighted by molar-refractivity contribution is 5.76. The number of hydrogen-bond donors (Lipinski definition) is 1. The maximum absolute atomic E-state index is 11.4. The summed E-state index contributed by atoms with van der Waals surface area (Å²) in [6.45, 7) is 8.81. The minimum Gasteiger partial charge on any atom is -0.481 e. The molecule has 1 N–H and O–H groups in total. The zero-order valence-electron chi connectivity index (χ0n) is 12.3. The summed E-state index contributed by atoms with van der Waals surface area (Å²) in [5.74, 6) is -0.694. The number of aliphatic carboxylic acids is 1. The topological polar surface area (TPSA) is 82.1 Å². The fourth-order valence-corrected chi connectivity index (χ4v) is 1.75. The Bertz CT molecular complexity index is 576. The van der Waals surface area contributed by atoms with Crippen LogP contribution < -0.4 is 9.47 Å². The SMILES string of the molecule is C=COc1cc(COC(=O)CCC(=O)O)cc(C)c1OC=C. The summed E-state index contributed by atoms with van der Waals surface area (Å²) in [5.41, 5.74) is 1.46. The number of rotatable bonds is 9. The lowest BCUT2D eigenvalue weighted by Gasteiger charge is -2.13. The molecule has 6 nitrogen and oxygen atoms in total. The lowest BCUT2D eigenvalue weighted by Crippen LogP contribution is -2.07. The van der Waals surface area contributed by atoms with Crippen molar-refractivity contribution in [3.63, 3.8) is 0 Å². The molecule has 0 saturated carbocycles. The number of carbonyl (C=O) groups is 2. The molecule has 6 heteroatoms. The predicted molar refractivity (Wildman–Crippen MR) is 79.5 cm³/mol. The van der Waals surface area contributed by atoms with Gasteiger partial charge in [-0.2, -0.15) is 0 Å². The van der Waals surface area contributed by atoms with Crippen molar-refractivity contribution in [1.82, 2.24) is 0 Å². The zero-order valence-corrected chi connectivity index (χ0v) is 12.3. The number of carbonyl (C=O) groups excluding carboxylic acids is 1. The van der Waals surface area contributed by atoms with E-state index in [0.29, 0.717) is 17.1 Å². The van der Waals surface area contributed by atoms with Gasteiger partial charge in [0.15, 0.2) is 11.5 Å². The summed E-state index contributed by atoms with van der Waals surface area (Å²) >= 11 is 0. The predicted octanol–water partition coefficient (Wildman–Crippen LogP) is 2.95. The average Bonchev–Trinajstić information content (AvgIpc) is 2.46. The second-order valence-corrected chi connectivity index (χ2v) is 4.36. The Morgan fingerprint density at radius 1 is 1.18 bits per heavy atom. The Morgan fingerprint density at radius 3 is 2.45 bits per heavy atom. The van der Waals surface area contributed by atoms with Crippen LogP contribution in [0.5, 0.6) is 11.5 Å². The van der Waals surface area contributed by atoms with E-state index >= 15 is 0 Å². The van der Waals surface area contributed by atoms with E-state index in [1.165, 1.54) is 12.5 Å². The van der Waals surface area contributed by atoms with Crippen molar-refractivity contribution in [2.45, 2.75) is 26.4 Å². The van der Waals surface area contributed by atoms with Crippen LogP contribution in [0.4, 0.5) is 0 Å². The number of ether oxygens (including phenoxy) is 3. The van der Waals surface area contributed by atoms with Crippen molar-refractivity contribution in [1.29, 1.82) is 0 Å². The molecule has 0 aromatic heterocycles. The number of esters is 1. The summed E-state index contributed by atoms with van der Waals surface area (Å²) < 4.78 is 15.6. The maximum atomic E-state index is 11.4. The number of hydrogen-bond acceptors (Lipinski definition) is 5. The van der Waals surface area contributed by atoms with E-state index in [1.54, 1.807) is 12.1 Å². The van der Waals surface area contributed by atoms with Crippen LogP contribution in [0.25, 0.3) is 0 Å². The molecule has 0 radical (unpaired) electrons. The number of carboxylic acids is 1. The van der Waals surface area contributed by atoms with Gasteiger partial charge >= 0.3 is 11.9 Å². The van der Waals surface area contributed by atoms with Crippen LogP contribution in [0.2, 0.25) is 0 Å². The van der Waals surface area contributed by atoms with Gasteiger partial charge in [0.05, 0.1) is 25.4 Å². The largest absolute Gasteiger partial charge is 0.481 e. The van der Waals surface area contributed by atoms with E-state index in [1.807, 2.05) is 6.92 Å². The molecular formula is C16H18O6. The molecule has 0 bridgehead atoms. The quantitative estimate of drug-likeness (QED) is 0.558.